The molecule has 1 atom stereocenters. The molecule has 1 aliphatic heterocycles. The molecule has 4 heteroatoms. The van der Waals surface area contributed by atoms with Gasteiger partial charge >= 0.3 is 0 Å². The summed E-state index contributed by atoms with van der Waals surface area (Å²) in [5.74, 6) is -0.694. The summed E-state index contributed by atoms with van der Waals surface area (Å²) in [6.07, 6.45) is 0.576. The van der Waals surface area contributed by atoms with E-state index < -0.39 is 0 Å². The van der Waals surface area contributed by atoms with E-state index in [0.29, 0.717) is 12.1 Å². The Morgan fingerprint density at radius 2 is 1.95 bits per heavy atom. The average Bonchev–Trinajstić information content (AvgIpc) is 2.76. The van der Waals surface area contributed by atoms with E-state index in [1.165, 1.54) is 12.1 Å². The lowest BCUT2D eigenvalue weighted by molar-refractivity contribution is -0.117. The van der Waals surface area contributed by atoms with Gasteiger partial charge in [0.2, 0.25) is 5.91 Å². The summed E-state index contributed by atoms with van der Waals surface area (Å²) in [5, 5.41) is 5.85. The van der Waals surface area contributed by atoms with E-state index in [-0.39, 0.29) is 17.6 Å². The maximum Gasteiger partial charge on any atom is 0.232 e. The van der Waals surface area contributed by atoms with Crippen LogP contribution in [0.5, 0.6) is 0 Å². The summed E-state index contributed by atoms with van der Waals surface area (Å²) >= 11 is 0. The first-order valence-corrected chi connectivity index (χ1v) is 6.54. The van der Waals surface area contributed by atoms with Gasteiger partial charge in [-0.05, 0) is 47.9 Å². The number of nitrogens with one attached hydrogen (secondary N) is 2. The van der Waals surface area contributed by atoms with Crippen LogP contribution < -0.4 is 10.6 Å². The summed E-state index contributed by atoms with van der Waals surface area (Å²) in [6.45, 7) is 0. The Morgan fingerprint density at radius 3 is 2.65 bits per heavy atom. The molecule has 2 aromatic carbocycles. The predicted molar refractivity (Wildman–Crippen MR) is 77.5 cm³/mol. The summed E-state index contributed by atoms with van der Waals surface area (Å²) in [7, 11) is 1.86. The van der Waals surface area contributed by atoms with E-state index in [4.69, 9.17) is 0 Å². The van der Waals surface area contributed by atoms with Gasteiger partial charge in [-0.15, -0.1) is 0 Å². The maximum absolute atomic E-state index is 13.4. The highest BCUT2D eigenvalue weighted by atomic mass is 19.1. The molecule has 0 bridgehead atoms. The van der Waals surface area contributed by atoms with Crippen LogP contribution in [-0.2, 0) is 11.2 Å². The molecule has 0 fully saturated rings. The number of hydrogen-bond donors (Lipinski definition) is 2. The minimum absolute atomic E-state index is 0.0664. The van der Waals surface area contributed by atoms with Crippen LogP contribution >= 0.6 is 0 Å². The van der Waals surface area contributed by atoms with Crippen molar-refractivity contribution in [3.05, 3.63) is 59.4 Å². The largest absolute Gasteiger partial charge is 0.388 e. The lowest BCUT2D eigenvalue weighted by Crippen LogP contribution is -2.14. The van der Waals surface area contributed by atoms with Crippen LogP contribution in [0.25, 0.3) is 0 Å². The van der Waals surface area contributed by atoms with Gasteiger partial charge in [-0.3, -0.25) is 4.79 Å². The Morgan fingerprint density at radius 1 is 1.20 bits per heavy atom. The number of benzene rings is 2. The summed E-state index contributed by atoms with van der Waals surface area (Å²) in [5.41, 5.74) is 3.54. The summed E-state index contributed by atoms with van der Waals surface area (Å²) in [6, 6.07) is 12.3. The van der Waals surface area contributed by atoms with Crippen molar-refractivity contribution >= 4 is 17.3 Å². The molecule has 102 valence electrons. The van der Waals surface area contributed by atoms with E-state index in [9.17, 15) is 9.18 Å². The normalized spacial score (nSPS) is 16.7. The highest BCUT2D eigenvalue weighted by molar-refractivity contribution is 6.03. The third-order valence-corrected chi connectivity index (χ3v) is 3.65. The van der Waals surface area contributed by atoms with E-state index in [1.807, 2.05) is 31.3 Å². The fourth-order valence-electron chi connectivity index (χ4n) is 2.54. The molecule has 1 unspecified atom stereocenters. The van der Waals surface area contributed by atoms with Gasteiger partial charge in [0.05, 0.1) is 5.92 Å². The topological polar surface area (TPSA) is 41.1 Å². The SMILES string of the molecule is CNc1ccc(CC2C(=O)Nc3ccc(F)cc32)cc1. The van der Waals surface area contributed by atoms with Gasteiger partial charge in [-0.1, -0.05) is 12.1 Å². The number of amides is 1. The first kappa shape index (κ1) is 12.7. The molecule has 1 aliphatic rings. The summed E-state index contributed by atoms with van der Waals surface area (Å²) in [4.78, 5) is 12.0. The van der Waals surface area contributed by atoms with Crippen molar-refractivity contribution in [1.29, 1.82) is 0 Å². The highest BCUT2D eigenvalue weighted by Crippen LogP contribution is 2.35. The van der Waals surface area contributed by atoms with Crippen molar-refractivity contribution in [2.75, 3.05) is 17.7 Å². The van der Waals surface area contributed by atoms with Gasteiger partial charge in [-0.25, -0.2) is 4.39 Å². The first-order chi connectivity index (χ1) is 9.67. The monoisotopic (exact) mass is 270 g/mol. The molecular weight excluding hydrogens is 255 g/mol. The Bertz CT molecular complexity index is 652. The molecule has 1 amide bonds. The fourth-order valence-corrected chi connectivity index (χ4v) is 2.54. The zero-order chi connectivity index (χ0) is 14.1. The Labute approximate surface area is 116 Å². The van der Waals surface area contributed by atoms with Crippen LogP contribution in [0.2, 0.25) is 0 Å². The van der Waals surface area contributed by atoms with Crippen molar-refractivity contribution in [2.24, 2.45) is 0 Å². The third-order valence-electron chi connectivity index (χ3n) is 3.65. The van der Waals surface area contributed by atoms with Crippen molar-refractivity contribution in [1.82, 2.24) is 0 Å². The number of anilines is 2. The molecular formula is C16H15FN2O. The molecule has 2 aromatic rings. The molecule has 0 aromatic heterocycles. The van der Waals surface area contributed by atoms with Crippen molar-refractivity contribution < 1.29 is 9.18 Å². The van der Waals surface area contributed by atoms with Crippen LogP contribution in [-0.4, -0.2) is 13.0 Å². The van der Waals surface area contributed by atoms with Gasteiger partial charge in [0.15, 0.2) is 0 Å². The molecule has 0 radical (unpaired) electrons. The minimum atomic E-state index is -0.318. The molecule has 0 aliphatic carbocycles. The van der Waals surface area contributed by atoms with Gasteiger partial charge in [0.1, 0.15) is 5.82 Å². The van der Waals surface area contributed by atoms with Crippen LogP contribution in [0.4, 0.5) is 15.8 Å². The molecule has 3 nitrogen and oxygen atoms in total. The molecule has 3 rings (SSSR count). The molecule has 1 heterocycles. The van der Waals surface area contributed by atoms with Crippen LogP contribution in [0.1, 0.15) is 17.0 Å². The second-order valence-corrected chi connectivity index (χ2v) is 4.92. The second-order valence-electron chi connectivity index (χ2n) is 4.92. The zero-order valence-electron chi connectivity index (χ0n) is 11.1. The maximum atomic E-state index is 13.4. The van der Waals surface area contributed by atoms with Crippen molar-refractivity contribution in [3.8, 4) is 0 Å². The lowest BCUT2D eigenvalue weighted by atomic mass is 9.93. The number of fused-ring (bicyclic) bond motifs is 1. The van der Waals surface area contributed by atoms with Crippen molar-refractivity contribution in [3.63, 3.8) is 0 Å². The smallest absolute Gasteiger partial charge is 0.232 e. The number of carbonyl (C=O) groups is 1. The molecule has 2 N–H and O–H groups in total. The average molecular weight is 270 g/mol. The van der Waals surface area contributed by atoms with E-state index >= 15 is 0 Å². The zero-order valence-corrected chi connectivity index (χ0v) is 11.1. The van der Waals surface area contributed by atoms with E-state index in [2.05, 4.69) is 10.6 Å². The Balaban J connectivity index is 1.87. The van der Waals surface area contributed by atoms with Gasteiger partial charge in [0.25, 0.3) is 0 Å². The summed E-state index contributed by atoms with van der Waals surface area (Å²) < 4.78 is 13.4. The minimum Gasteiger partial charge on any atom is -0.388 e. The van der Waals surface area contributed by atoms with E-state index in [0.717, 1.165) is 16.8 Å². The Hall–Kier alpha value is -2.36. The number of rotatable bonds is 3. The van der Waals surface area contributed by atoms with Gasteiger partial charge in [0, 0.05) is 18.4 Å². The standard InChI is InChI=1S/C16H15FN2O/c1-18-12-5-2-10(3-6-12)8-14-13-9-11(17)4-7-15(13)19-16(14)20/h2-7,9,14,18H,8H2,1H3,(H,19,20). The molecule has 0 spiro atoms. The fraction of sp³-hybridized carbons (Fsp3) is 0.188. The van der Waals surface area contributed by atoms with Crippen LogP contribution in [0, 0.1) is 5.82 Å². The van der Waals surface area contributed by atoms with Crippen molar-refractivity contribution in [2.45, 2.75) is 12.3 Å². The molecule has 0 saturated heterocycles. The van der Waals surface area contributed by atoms with E-state index in [1.54, 1.807) is 6.07 Å². The number of halogens is 1. The highest BCUT2D eigenvalue weighted by Gasteiger charge is 2.30. The Kier molecular flexibility index (Phi) is 3.14. The number of hydrogen-bond acceptors (Lipinski definition) is 2. The van der Waals surface area contributed by atoms with Crippen LogP contribution in [0.3, 0.4) is 0 Å². The van der Waals surface area contributed by atoms with Gasteiger partial charge in [-0.2, -0.15) is 0 Å². The number of carbonyl (C=O) groups excluding carboxylic acids is 1. The second kappa shape index (κ2) is 4.96. The predicted octanol–water partition coefficient (Wildman–Crippen LogP) is 3.15. The first-order valence-electron chi connectivity index (χ1n) is 6.54. The van der Waals surface area contributed by atoms with Gasteiger partial charge < -0.3 is 10.6 Å². The molecule has 0 saturated carbocycles. The third kappa shape index (κ3) is 2.25. The quantitative estimate of drug-likeness (QED) is 0.899. The molecule has 20 heavy (non-hydrogen) atoms. The lowest BCUT2D eigenvalue weighted by Gasteiger charge is -2.09. The van der Waals surface area contributed by atoms with Crippen LogP contribution in [0.15, 0.2) is 42.5 Å².